The lowest BCUT2D eigenvalue weighted by atomic mass is 9.91. The van der Waals surface area contributed by atoms with Crippen molar-refractivity contribution >= 4 is 5.82 Å². The van der Waals surface area contributed by atoms with Gasteiger partial charge in [0.15, 0.2) is 0 Å². The third kappa shape index (κ3) is 3.18. The maximum absolute atomic E-state index is 8.82. The van der Waals surface area contributed by atoms with Crippen molar-refractivity contribution in [3.05, 3.63) is 23.9 Å². The van der Waals surface area contributed by atoms with E-state index >= 15 is 0 Å². The van der Waals surface area contributed by atoms with Crippen LogP contribution in [-0.2, 0) is 0 Å². The first-order valence-electron chi connectivity index (χ1n) is 6.12. The van der Waals surface area contributed by atoms with E-state index in [-0.39, 0.29) is 0 Å². The van der Waals surface area contributed by atoms with Gasteiger partial charge < -0.3 is 10.6 Å². The van der Waals surface area contributed by atoms with Crippen molar-refractivity contribution in [2.24, 2.45) is 0 Å². The van der Waals surface area contributed by atoms with E-state index in [0.717, 1.165) is 18.7 Å². The molecule has 0 spiro atoms. The summed E-state index contributed by atoms with van der Waals surface area (Å²) in [4.78, 5) is 4.24. The van der Waals surface area contributed by atoms with E-state index in [9.17, 15) is 0 Å². The Hall–Kier alpha value is -1.60. The zero-order valence-corrected chi connectivity index (χ0v) is 10.1. The Morgan fingerprint density at radius 3 is 2.65 bits per heavy atom. The number of anilines is 1. The van der Waals surface area contributed by atoms with Gasteiger partial charge in [0.1, 0.15) is 5.82 Å². The highest BCUT2D eigenvalue weighted by Gasteiger charge is 2.19. The molecule has 90 valence electrons. The van der Waals surface area contributed by atoms with Gasteiger partial charge in [0.05, 0.1) is 11.6 Å². The number of nitriles is 1. The third-order valence-electron chi connectivity index (χ3n) is 3.38. The molecular formula is C13H18N4. The molecule has 1 fully saturated rings. The summed E-state index contributed by atoms with van der Waals surface area (Å²) in [6.45, 7) is 0. The van der Waals surface area contributed by atoms with Crippen LogP contribution in [0.15, 0.2) is 18.3 Å². The number of pyridine rings is 1. The van der Waals surface area contributed by atoms with Crippen LogP contribution in [0.1, 0.15) is 31.2 Å². The molecule has 1 heterocycles. The van der Waals surface area contributed by atoms with E-state index in [0.29, 0.717) is 17.6 Å². The number of hydrogen-bond donors (Lipinski definition) is 2. The van der Waals surface area contributed by atoms with E-state index in [1.165, 1.54) is 12.8 Å². The molecule has 4 nitrogen and oxygen atoms in total. The van der Waals surface area contributed by atoms with Gasteiger partial charge in [-0.2, -0.15) is 5.26 Å². The van der Waals surface area contributed by atoms with Crippen molar-refractivity contribution in [3.63, 3.8) is 0 Å². The molecule has 0 aromatic carbocycles. The predicted octanol–water partition coefficient (Wildman–Crippen LogP) is 1.90. The van der Waals surface area contributed by atoms with Gasteiger partial charge >= 0.3 is 0 Å². The minimum Gasteiger partial charge on any atom is -0.367 e. The van der Waals surface area contributed by atoms with Crippen LogP contribution in [0.3, 0.4) is 0 Å². The lowest BCUT2D eigenvalue weighted by Gasteiger charge is -2.29. The van der Waals surface area contributed by atoms with Gasteiger partial charge in [-0.25, -0.2) is 4.98 Å². The zero-order valence-electron chi connectivity index (χ0n) is 10.1. The molecule has 1 aliphatic carbocycles. The van der Waals surface area contributed by atoms with Crippen LogP contribution in [0.2, 0.25) is 0 Å². The zero-order chi connectivity index (χ0) is 12.1. The maximum atomic E-state index is 8.82. The van der Waals surface area contributed by atoms with Gasteiger partial charge in [-0.3, -0.25) is 0 Å². The molecule has 2 rings (SSSR count). The summed E-state index contributed by atoms with van der Waals surface area (Å²) >= 11 is 0. The highest BCUT2D eigenvalue weighted by Crippen LogP contribution is 2.21. The van der Waals surface area contributed by atoms with Gasteiger partial charge in [-0.1, -0.05) is 0 Å². The molecule has 17 heavy (non-hydrogen) atoms. The molecule has 0 unspecified atom stereocenters. The van der Waals surface area contributed by atoms with E-state index in [1.54, 1.807) is 12.3 Å². The smallest absolute Gasteiger partial charge is 0.127 e. The van der Waals surface area contributed by atoms with Gasteiger partial charge in [-0.15, -0.1) is 0 Å². The van der Waals surface area contributed by atoms with Crippen LogP contribution >= 0.6 is 0 Å². The van der Waals surface area contributed by atoms with Gasteiger partial charge in [0.25, 0.3) is 0 Å². The van der Waals surface area contributed by atoms with E-state index in [2.05, 4.69) is 21.7 Å². The third-order valence-corrected chi connectivity index (χ3v) is 3.38. The van der Waals surface area contributed by atoms with Crippen molar-refractivity contribution in [3.8, 4) is 6.07 Å². The fourth-order valence-electron chi connectivity index (χ4n) is 2.31. The second-order valence-electron chi connectivity index (χ2n) is 4.52. The molecule has 0 saturated heterocycles. The van der Waals surface area contributed by atoms with Crippen LogP contribution in [0.4, 0.5) is 5.82 Å². The highest BCUT2D eigenvalue weighted by atomic mass is 15.0. The minimum absolute atomic E-state index is 0.487. The number of nitrogens with one attached hydrogen (secondary N) is 2. The predicted molar refractivity (Wildman–Crippen MR) is 67.7 cm³/mol. The van der Waals surface area contributed by atoms with E-state index in [1.807, 2.05) is 13.1 Å². The van der Waals surface area contributed by atoms with Crippen LogP contribution in [0.25, 0.3) is 0 Å². The molecule has 0 atom stereocenters. The molecule has 2 N–H and O–H groups in total. The Morgan fingerprint density at radius 1 is 1.29 bits per heavy atom. The van der Waals surface area contributed by atoms with Crippen LogP contribution in [0.5, 0.6) is 0 Å². The maximum Gasteiger partial charge on any atom is 0.127 e. The van der Waals surface area contributed by atoms with Crippen molar-refractivity contribution in [1.82, 2.24) is 10.3 Å². The van der Waals surface area contributed by atoms with Gasteiger partial charge in [-0.05, 0) is 44.9 Å². The normalized spacial score (nSPS) is 24.0. The monoisotopic (exact) mass is 230 g/mol. The number of aromatic nitrogens is 1. The van der Waals surface area contributed by atoms with Crippen LogP contribution in [-0.4, -0.2) is 24.1 Å². The average Bonchev–Trinajstić information content (AvgIpc) is 2.40. The topological polar surface area (TPSA) is 60.7 Å². The first-order chi connectivity index (χ1) is 8.31. The second-order valence-corrected chi connectivity index (χ2v) is 4.52. The molecule has 1 aromatic rings. The fourth-order valence-corrected chi connectivity index (χ4v) is 2.31. The van der Waals surface area contributed by atoms with Crippen molar-refractivity contribution < 1.29 is 0 Å². The molecule has 4 heteroatoms. The molecule has 1 aromatic heterocycles. The van der Waals surface area contributed by atoms with Crippen molar-refractivity contribution in [1.29, 1.82) is 5.26 Å². The van der Waals surface area contributed by atoms with E-state index < -0.39 is 0 Å². The molecular weight excluding hydrogens is 212 g/mol. The summed E-state index contributed by atoms with van der Waals surface area (Å²) in [6, 6.07) is 6.81. The Balaban J connectivity index is 1.91. The fraction of sp³-hybridized carbons (Fsp3) is 0.538. The lowest BCUT2D eigenvalue weighted by Crippen LogP contribution is -2.35. The van der Waals surface area contributed by atoms with Gasteiger partial charge in [0.2, 0.25) is 0 Å². The lowest BCUT2D eigenvalue weighted by molar-refractivity contribution is 0.371. The Labute approximate surface area is 102 Å². The van der Waals surface area contributed by atoms with E-state index in [4.69, 9.17) is 5.26 Å². The SMILES string of the molecule is CNC1CCC(Nc2cc(C#N)ccn2)CC1. The summed E-state index contributed by atoms with van der Waals surface area (Å²) < 4.78 is 0. The number of nitrogens with zero attached hydrogens (tertiary/aromatic N) is 2. The largest absolute Gasteiger partial charge is 0.367 e. The summed E-state index contributed by atoms with van der Waals surface area (Å²) in [5, 5.41) is 15.6. The standard InChI is InChI=1S/C13H18N4/c1-15-11-2-4-12(5-3-11)17-13-8-10(9-14)6-7-16-13/h6-8,11-12,15H,2-5H2,1H3,(H,16,17). The number of rotatable bonds is 3. The highest BCUT2D eigenvalue weighted by molar-refractivity contribution is 5.43. The Bertz CT molecular complexity index is 402. The summed E-state index contributed by atoms with van der Waals surface area (Å²) in [5.41, 5.74) is 0.659. The molecule has 1 aliphatic rings. The molecule has 0 aliphatic heterocycles. The molecule has 1 saturated carbocycles. The van der Waals surface area contributed by atoms with Crippen LogP contribution < -0.4 is 10.6 Å². The van der Waals surface area contributed by atoms with Crippen molar-refractivity contribution in [2.75, 3.05) is 12.4 Å². The first kappa shape index (κ1) is 11.9. The quantitative estimate of drug-likeness (QED) is 0.832. The Morgan fingerprint density at radius 2 is 2.00 bits per heavy atom. The average molecular weight is 230 g/mol. The Kier molecular flexibility index (Phi) is 3.94. The molecule has 0 radical (unpaired) electrons. The first-order valence-corrected chi connectivity index (χ1v) is 6.12. The van der Waals surface area contributed by atoms with Crippen LogP contribution in [0, 0.1) is 11.3 Å². The molecule has 0 bridgehead atoms. The minimum atomic E-state index is 0.487. The number of hydrogen-bond acceptors (Lipinski definition) is 4. The second kappa shape index (κ2) is 5.65. The summed E-state index contributed by atoms with van der Waals surface area (Å²) in [6.07, 6.45) is 6.40. The summed E-state index contributed by atoms with van der Waals surface area (Å²) in [5.74, 6) is 0.817. The van der Waals surface area contributed by atoms with Gasteiger partial charge in [0, 0.05) is 18.3 Å². The summed E-state index contributed by atoms with van der Waals surface area (Å²) in [7, 11) is 2.02. The van der Waals surface area contributed by atoms with Crippen molar-refractivity contribution in [2.45, 2.75) is 37.8 Å². The molecule has 0 amide bonds.